The second-order valence-corrected chi connectivity index (χ2v) is 23.7. The van der Waals surface area contributed by atoms with E-state index < -0.39 is 140 Å². The van der Waals surface area contributed by atoms with Gasteiger partial charge in [0.15, 0.2) is 18.9 Å². The molecule has 8 aliphatic rings. The van der Waals surface area contributed by atoms with E-state index in [1.165, 1.54) is 12.5 Å². The summed E-state index contributed by atoms with van der Waals surface area (Å²) < 4.78 is 36.5. The Labute approximate surface area is 387 Å². The molecule has 3 aliphatic heterocycles. The van der Waals surface area contributed by atoms with Crippen LogP contribution in [0.15, 0.2) is 11.6 Å². The molecule has 25 unspecified atom stereocenters. The summed E-state index contributed by atoms with van der Waals surface area (Å²) in [6.45, 7) is 15.7. The van der Waals surface area contributed by atoms with Gasteiger partial charge in [-0.1, -0.05) is 60.1 Å². The minimum Gasteiger partial charge on any atom is -0.396 e. The predicted octanol–water partition coefficient (Wildman–Crippen LogP) is -0.417. The Hall–Kier alpha value is -0.980. The maximum absolute atomic E-state index is 12.1. The van der Waals surface area contributed by atoms with Crippen LogP contribution in [0.1, 0.15) is 107 Å². The highest BCUT2D eigenvalue weighted by Crippen LogP contribution is 2.76. The summed E-state index contributed by atoms with van der Waals surface area (Å²) in [5, 5.41) is 131. The topological polar surface area (TPSA) is 298 Å². The summed E-state index contributed by atoms with van der Waals surface area (Å²) in [6, 6.07) is 0. The molecule has 12 N–H and O–H groups in total. The van der Waals surface area contributed by atoms with Crippen molar-refractivity contribution < 1.29 is 89.7 Å². The molecule has 25 atom stereocenters. The summed E-state index contributed by atoms with van der Waals surface area (Å²) in [5.41, 5.74) is -1.29. The van der Waals surface area contributed by atoms with Gasteiger partial charge in [0.25, 0.3) is 0 Å². The van der Waals surface area contributed by atoms with Gasteiger partial charge in [0.2, 0.25) is 0 Å². The zero-order valence-electron chi connectivity index (χ0n) is 39.8. The van der Waals surface area contributed by atoms with Crippen LogP contribution >= 0.6 is 0 Å². The molecule has 380 valence electrons. The lowest BCUT2D eigenvalue weighted by Gasteiger charge is -2.72. The van der Waals surface area contributed by atoms with Crippen LogP contribution in [-0.2, 0) is 28.4 Å². The number of fused-ring (bicyclic) bond motifs is 7. The quantitative estimate of drug-likeness (QED) is 0.103. The van der Waals surface area contributed by atoms with Gasteiger partial charge in [-0.15, -0.1) is 0 Å². The Balaban J connectivity index is 1.06. The highest BCUT2D eigenvalue weighted by Gasteiger charge is 2.71. The van der Waals surface area contributed by atoms with E-state index in [0.29, 0.717) is 19.3 Å². The Morgan fingerprint density at radius 3 is 1.91 bits per heavy atom. The molecule has 8 rings (SSSR count). The fourth-order valence-electron chi connectivity index (χ4n) is 15.3. The van der Waals surface area contributed by atoms with E-state index in [1.807, 2.05) is 0 Å². The van der Waals surface area contributed by atoms with Gasteiger partial charge in [-0.25, -0.2) is 0 Å². The largest absolute Gasteiger partial charge is 0.396 e. The molecule has 0 aromatic rings. The molecule has 7 fully saturated rings. The summed E-state index contributed by atoms with van der Waals surface area (Å²) in [5.74, 6) is 0.149. The molecule has 0 amide bonds. The maximum Gasteiger partial charge on any atom is 0.187 e. The molecular formula is C48H80O18. The lowest BCUT2D eigenvalue weighted by Crippen LogP contribution is -2.69. The van der Waals surface area contributed by atoms with Crippen molar-refractivity contribution in [2.45, 2.75) is 217 Å². The fourth-order valence-corrected chi connectivity index (χ4v) is 15.3. The van der Waals surface area contributed by atoms with Gasteiger partial charge in [-0.05, 0) is 103 Å². The molecule has 18 nitrogen and oxygen atoms in total. The van der Waals surface area contributed by atoms with Crippen molar-refractivity contribution in [3.63, 3.8) is 0 Å². The van der Waals surface area contributed by atoms with Crippen LogP contribution in [0, 0.1) is 50.2 Å². The first kappa shape index (κ1) is 51.4. The molecule has 5 aliphatic carbocycles. The number of aliphatic hydroxyl groups is 12. The maximum atomic E-state index is 12.1. The van der Waals surface area contributed by atoms with Crippen molar-refractivity contribution in [1.82, 2.24) is 0 Å². The van der Waals surface area contributed by atoms with Crippen LogP contribution in [0.2, 0.25) is 0 Å². The Morgan fingerprint density at radius 2 is 1.24 bits per heavy atom. The molecule has 0 radical (unpaired) electrons. The van der Waals surface area contributed by atoms with Crippen LogP contribution in [0.4, 0.5) is 0 Å². The molecule has 4 saturated carbocycles. The van der Waals surface area contributed by atoms with Crippen molar-refractivity contribution in [3.8, 4) is 0 Å². The second-order valence-electron chi connectivity index (χ2n) is 23.7. The number of allylic oxidation sites excluding steroid dienone is 2. The van der Waals surface area contributed by atoms with Crippen LogP contribution in [0.5, 0.6) is 0 Å². The van der Waals surface area contributed by atoms with Crippen molar-refractivity contribution >= 4 is 0 Å². The van der Waals surface area contributed by atoms with Crippen molar-refractivity contribution in [2.24, 2.45) is 50.2 Å². The monoisotopic (exact) mass is 945 g/mol. The zero-order valence-corrected chi connectivity index (χ0v) is 39.8. The molecule has 0 bridgehead atoms. The molecule has 0 spiro atoms. The van der Waals surface area contributed by atoms with E-state index in [2.05, 4.69) is 54.5 Å². The van der Waals surface area contributed by atoms with Crippen LogP contribution < -0.4 is 0 Å². The molecule has 66 heavy (non-hydrogen) atoms. The molecule has 0 aromatic carbocycles. The second kappa shape index (κ2) is 17.9. The van der Waals surface area contributed by atoms with Crippen LogP contribution in [0.3, 0.4) is 0 Å². The minimum absolute atomic E-state index is 0.109. The Morgan fingerprint density at radius 1 is 0.621 bits per heavy atom. The van der Waals surface area contributed by atoms with Gasteiger partial charge in [-0.2, -0.15) is 0 Å². The first-order chi connectivity index (χ1) is 30.7. The van der Waals surface area contributed by atoms with Crippen LogP contribution in [-0.4, -0.2) is 192 Å². The smallest absolute Gasteiger partial charge is 0.187 e. The highest BCUT2D eigenvalue weighted by atomic mass is 16.8. The van der Waals surface area contributed by atoms with Gasteiger partial charge in [0, 0.05) is 0 Å². The van der Waals surface area contributed by atoms with E-state index in [1.54, 1.807) is 0 Å². The van der Waals surface area contributed by atoms with E-state index in [4.69, 9.17) is 28.4 Å². The number of hydrogen-bond acceptors (Lipinski definition) is 18. The summed E-state index contributed by atoms with van der Waals surface area (Å²) in [6.07, 6.45) is -17.5. The van der Waals surface area contributed by atoms with Crippen molar-refractivity contribution in [1.29, 1.82) is 0 Å². The zero-order chi connectivity index (χ0) is 48.4. The predicted molar refractivity (Wildman–Crippen MR) is 231 cm³/mol. The lowest BCUT2D eigenvalue weighted by molar-refractivity contribution is -0.382. The third-order valence-electron chi connectivity index (χ3n) is 19.4. The normalized spacial score (nSPS) is 55.7. The van der Waals surface area contributed by atoms with Crippen LogP contribution in [0.25, 0.3) is 0 Å². The first-order valence-electron chi connectivity index (χ1n) is 24.4. The molecule has 3 saturated heterocycles. The summed E-state index contributed by atoms with van der Waals surface area (Å²) >= 11 is 0. The highest BCUT2D eigenvalue weighted by molar-refractivity contribution is 5.36. The fraction of sp³-hybridized carbons (Fsp3) is 0.958. The van der Waals surface area contributed by atoms with Gasteiger partial charge in [0.05, 0.1) is 49.7 Å². The SMILES string of the molecule is CC1OC(OCC2OC(OC3CCC4(C)C(CCC5(C)C4CC=C4C6CC(C)(C)CC(O)C6(CO)C(O)CC45C)C3(C)C)C(OC3OC(CO)C(O)C(O)C3O)C(O)C2O)C(O)C(O)C1O. The van der Waals surface area contributed by atoms with E-state index >= 15 is 0 Å². The third kappa shape index (κ3) is 7.82. The summed E-state index contributed by atoms with van der Waals surface area (Å²) in [7, 11) is 0. The van der Waals surface area contributed by atoms with Crippen molar-refractivity contribution in [3.05, 3.63) is 11.6 Å². The molecule has 3 heterocycles. The molecular weight excluding hydrogens is 865 g/mol. The average molecular weight is 945 g/mol. The van der Waals surface area contributed by atoms with E-state index in [0.717, 1.165) is 32.1 Å². The third-order valence-corrected chi connectivity index (χ3v) is 19.4. The number of rotatable bonds is 9. The first-order valence-corrected chi connectivity index (χ1v) is 24.4. The van der Waals surface area contributed by atoms with E-state index in [9.17, 15) is 61.3 Å². The Bertz CT molecular complexity index is 1760. The Kier molecular flexibility index (Phi) is 14.0. The van der Waals surface area contributed by atoms with Gasteiger partial charge >= 0.3 is 0 Å². The minimum atomic E-state index is -1.84. The summed E-state index contributed by atoms with van der Waals surface area (Å²) in [4.78, 5) is 0. The van der Waals surface area contributed by atoms with Gasteiger partial charge in [0.1, 0.15) is 67.1 Å². The standard InChI is InChI=1S/C48H80O18/c1-21-31(53)34(56)37(59)40(62-21)61-19-25-33(55)36(58)39(66-41-38(60)35(57)32(54)24(18-49)63-41)42(64-25)65-30-12-13-45(6)26(44(30,4)5)11-14-46(7)27(45)10-9-22-23-15-43(2,3)16-28(51)48(23,20-50)29(52)17-47(22,46)8/h9,21,23-42,49-60H,10-20H2,1-8H3. The number of aliphatic hydroxyl groups excluding tert-OH is 12. The number of ether oxygens (including phenoxy) is 6. The lowest BCUT2D eigenvalue weighted by atomic mass is 9.33. The molecule has 0 aromatic heterocycles. The molecule has 18 heteroatoms. The van der Waals surface area contributed by atoms with E-state index in [-0.39, 0.29) is 40.6 Å². The van der Waals surface area contributed by atoms with Gasteiger partial charge in [-0.3, -0.25) is 0 Å². The van der Waals surface area contributed by atoms with Crippen molar-refractivity contribution in [2.75, 3.05) is 19.8 Å². The number of hydrogen-bond donors (Lipinski definition) is 12. The average Bonchev–Trinajstić information content (AvgIpc) is 3.24. The van der Waals surface area contributed by atoms with Gasteiger partial charge < -0.3 is 89.7 Å².